The fourth-order valence-electron chi connectivity index (χ4n) is 1.29. The van der Waals surface area contributed by atoms with Crippen LogP contribution < -0.4 is 11.1 Å². The molecule has 0 spiro atoms. The third-order valence-corrected chi connectivity index (χ3v) is 2.50. The van der Waals surface area contributed by atoms with Crippen molar-refractivity contribution in [1.29, 1.82) is 0 Å². The minimum atomic E-state index is -0.518. The van der Waals surface area contributed by atoms with E-state index in [2.05, 4.69) is 16.9 Å². The summed E-state index contributed by atoms with van der Waals surface area (Å²) in [6.07, 6.45) is 4.46. The zero-order valence-electron chi connectivity index (χ0n) is 10.4. The molecule has 0 aromatic carbocycles. The van der Waals surface area contributed by atoms with Crippen LogP contribution in [0, 0.1) is 11.8 Å². The number of nitrogens with zero attached hydrogens (tertiary/aromatic N) is 1. The van der Waals surface area contributed by atoms with E-state index in [-0.39, 0.29) is 18.3 Å². The van der Waals surface area contributed by atoms with Crippen molar-refractivity contribution in [2.45, 2.75) is 6.92 Å². The van der Waals surface area contributed by atoms with Crippen LogP contribution in [-0.2, 0) is 4.79 Å². The van der Waals surface area contributed by atoms with Gasteiger partial charge >= 0.3 is 0 Å². The lowest BCUT2D eigenvalue weighted by molar-refractivity contribution is -0.124. The molecule has 4 N–H and O–H groups in total. The van der Waals surface area contributed by atoms with Crippen LogP contribution in [0.3, 0.4) is 0 Å². The lowest BCUT2D eigenvalue weighted by atomic mass is 9.89. The largest absolute Gasteiger partial charge is 0.395 e. The van der Waals surface area contributed by atoms with Crippen molar-refractivity contribution in [3.05, 3.63) is 24.4 Å². The highest BCUT2D eigenvalue weighted by atomic mass is 16.3. The molecule has 96 valence electrons. The van der Waals surface area contributed by atoms with Gasteiger partial charge in [-0.05, 0) is 11.8 Å². The number of nitrogens with two attached hydrogens (primary N) is 1. The summed E-state index contributed by atoms with van der Waals surface area (Å²) in [5, 5.41) is 11.9. The molecular formula is C12H21N3O2. The van der Waals surface area contributed by atoms with Gasteiger partial charge in [-0.25, -0.2) is 0 Å². The Bertz CT molecular complexity index is 311. The molecule has 17 heavy (non-hydrogen) atoms. The SMILES string of the molecule is C=C(C/N=C\N)[C@H](C)C(=O)[C@@H](/C=C/NC)CO. The number of rotatable bonds is 8. The van der Waals surface area contributed by atoms with Crippen LogP contribution in [0.25, 0.3) is 0 Å². The molecule has 5 nitrogen and oxygen atoms in total. The first-order valence-corrected chi connectivity index (χ1v) is 5.44. The summed E-state index contributed by atoms with van der Waals surface area (Å²) in [4.78, 5) is 15.8. The Morgan fingerprint density at radius 2 is 2.29 bits per heavy atom. The second kappa shape index (κ2) is 8.52. The summed E-state index contributed by atoms with van der Waals surface area (Å²) in [6, 6.07) is 0. The second-order valence-corrected chi connectivity index (χ2v) is 3.71. The summed E-state index contributed by atoms with van der Waals surface area (Å²) >= 11 is 0. The summed E-state index contributed by atoms with van der Waals surface area (Å²) < 4.78 is 0. The Kier molecular flexibility index (Phi) is 7.71. The number of Topliss-reactive ketones (excluding diaryl/α,β-unsaturated/α-hetero) is 1. The Balaban J connectivity index is 4.54. The molecule has 0 saturated carbocycles. The number of aliphatic hydroxyl groups is 1. The van der Waals surface area contributed by atoms with Crippen molar-refractivity contribution in [3.63, 3.8) is 0 Å². The molecule has 0 rings (SSSR count). The molecule has 0 aliphatic rings. The van der Waals surface area contributed by atoms with Gasteiger partial charge in [-0.3, -0.25) is 9.79 Å². The molecule has 0 unspecified atom stereocenters. The smallest absolute Gasteiger partial charge is 0.148 e. The normalized spacial score (nSPS) is 15.0. The standard InChI is InChI=1S/C12H21N3O2/c1-9(6-15-8-13)10(2)12(17)11(7-16)4-5-14-3/h4-5,8,10-11,14,16H,1,6-7H2,2-3H3,(H2,13,15)/b5-4+/t10-,11-/m0/s1. The number of carbonyl (C=O) groups is 1. The highest BCUT2D eigenvalue weighted by molar-refractivity contribution is 5.87. The first-order valence-electron chi connectivity index (χ1n) is 5.44. The Hall–Kier alpha value is -1.62. The van der Waals surface area contributed by atoms with Crippen molar-refractivity contribution in [2.75, 3.05) is 20.2 Å². The van der Waals surface area contributed by atoms with Crippen molar-refractivity contribution in [3.8, 4) is 0 Å². The zero-order valence-corrected chi connectivity index (χ0v) is 10.4. The molecule has 0 aliphatic heterocycles. The van der Waals surface area contributed by atoms with E-state index < -0.39 is 5.92 Å². The molecule has 0 aromatic rings. The van der Waals surface area contributed by atoms with Crippen molar-refractivity contribution in [1.82, 2.24) is 5.32 Å². The van der Waals surface area contributed by atoms with Gasteiger partial charge in [0.2, 0.25) is 0 Å². The van der Waals surface area contributed by atoms with Crippen molar-refractivity contribution >= 4 is 12.1 Å². The van der Waals surface area contributed by atoms with Gasteiger partial charge in [0.25, 0.3) is 0 Å². The summed E-state index contributed by atoms with van der Waals surface area (Å²) in [7, 11) is 1.73. The van der Waals surface area contributed by atoms with E-state index in [0.29, 0.717) is 12.1 Å². The number of carbonyl (C=O) groups excluding carboxylic acids is 1. The highest BCUT2D eigenvalue weighted by Crippen LogP contribution is 2.16. The average Bonchev–Trinajstić information content (AvgIpc) is 2.35. The van der Waals surface area contributed by atoms with Crippen LogP contribution in [0.2, 0.25) is 0 Å². The topological polar surface area (TPSA) is 87.7 Å². The number of ketones is 1. The van der Waals surface area contributed by atoms with Gasteiger partial charge in [0.05, 0.1) is 25.4 Å². The van der Waals surface area contributed by atoms with E-state index >= 15 is 0 Å². The molecule has 0 radical (unpaired) electrons. The second-order valence-electron chi connectivity index (χ2n) is 3.71. The third-order valence-electron chi connectivity index (χ3n) is 2.50. The van der Waals surface area contributed by atoms with Crippen LogP contribution in [0.1, 0.15) is 6.92 Å². The monoisotopic (exact) mass is 239 g/mol. The van der Waals surface area contributed by atoms with Gasteiger partial charge in [0.15, 0.2) is 0 Å². The molecule has 0 aliphatic carbocycles. The number of aliphatic imine (C=N–C) groups is 1. The quantitative estimate of drug-likeness (QED) is 0.318. The third kappa shape index (κ3) is 5.31. The van der Waals surface area contributed by atoms with E-state index in [1.54, 1.807) is 26.2 Å². The van der Waals surface area contributed by atoms with Gasteiger partial charge in [0, 0.05) is 13.0 Å². The van der Waals surface area contributed by atoms with Gasteiger partial charge in [-0.15, -0.1) is 0 Å². The predicted molar refractivity (Wildman–Crippen MR) is 69.6 cm³/mol. The zero-order chi connectivity index (χ0) is 13.3. The molecule has 0 bridgehead atoms. The molecule has 0 saturated heterocycles. The maximum Gasteiger partial charge on any atom is 0.148 e. The molecule has 0 aromatic heterocycles. The Morgan fingerprint density at radius 1 is 1.65 bits per heavy atom. The van der Waals surface area contributed by atoms with Crippen LogP contribution in [0.4, 0.5) is 0 Å². The van der Waals surface area contributed by atoms with Gasteiger partial charge in [-0.1, -0.05) is 19.6 Å². The van der Waals surface area contributed by atoms with Gasteiger partial charge in [0.1, 0.15) is 5.78 Å². The molecular weight excluding hydrogens is 218 g/mol. The summed E-state index contributed by atoms with van der Waals surface area (Å²) in [6.45, 7) is 5.67. The van der Waals surface area contributed by atoms with E-state index in [4.69, 9.17) is 10.8 Å². The Morgan fingerprint density at radius 3 is 2.76 bits per heavy atom. The maximum atomic E-state index is 12.0. The van der Waals surface area contributed by atoms with Crippen molar-refractivity contribution < 1.29 is 9.90 Å². The number of nitrogens with one attached hydrogen (secondary N) is 1. The molecule has 5 heteroatoms. The lowest BCUT2D eigenvalue weighted by Gasteiger charge is -2.16. The Labute approximate surface area is 102 Å². The van der Waals surface area contributed by atoms with E-state index in [9.17, 15) is 4.79 Å². The number of hydrogen-bond donors (Lipinski definition) is 3. The number of hydrogen-bond acceptors (Lipinski definition) is 4. The molecule has 2 atom stereocenters. The average molecular weight is 239 g/mol. The molecule has 0 heterocycles. The van der Waals surface area contributed by atoms with Crippen molar-refractivity contribution in [2.24, 2.45) is 22.6 Å². The molecule has 0 fully saturated rings. The van der Waals surface area contributed by atoms with Crippen LogP contribution in [0.15, 0.2) is 29.4 Å². The maximum absolute atomic E-state index is 12.0. The molecule has 0 amide bonds. The minimum absolute atomic E-state index is 0.0729. The predicted octanol–water partition coefficient (Wildman–Crippen LogP) is 0.0764. The number of aliphatic hydroxyl groups excluding tert-OH is 1. The lowest BCUT2D eigenvalue weighted by Crippen LogP contribution is -2.25. The summed E-state index contributed by atoms with van der Waals surface area (Å²) in [5.41, 5.74) is 5.82. The summed E-state index contributed by atoms with van der Waals surface area (Å²) in [5.74, 6) is -0.940. The minimum Gasteiger partial charge on any atom is -0.395 e. The van der Waals surface area contributed by atoms with Crippen LogP contribution >= 0.6 is 0 Å². The first-order chi connectivity index (χ1) is 8.08. The van der Waals surface area contributed by atoms with Gasteiger partial charge < -0.3 is 16.2 Å². The van der Waals surface area contributed by atoms with Gasteiger partial charge in [-0.2, -0.15) is 0 Å². The van der Waals surface area contributed by atoms with Crippen LogP contribution in [0.5, 0.6) is 0 Å². The fraction of sp³-hybridized carbons (Fsp3) is 0.500. The fourth-order valence-corrected chi connectivity index (χ4v) is 1.29. The first kappa shape index (κ1) is 15.4. The van der Waals surface area contributed by atoms with E-state index in [1.165, 1.54) is 6.34 Å². The van der Waals surface area contributed by atoms with E-state index in [1.807, 2.05) is 0 Å². The van der Waals surface area contributed by atoms with Crippen LogP contribution in [-0.4, -0.2) is 37.4 Å². The highest BCUT2D eigenvalue weighted by Gasteiger charge is 2.22. The van der Waals surface area contributed by atoms with E-state index in [0.717, 1.165) is 0 Å².